The number of benzene rings is 2. The number of ether oxygens (including phenoxy) is 1. The van der Waals surface area contributed by atoms with E-state index in [0.29, 0.717) is 24.3 Å². The zero-order chi connectivity index (χ0) is 22.7. The molecule has 1 N–H and O–H groups in total. The van der Waals surface area contributed by atoms with Crippen molar-refractivity contribution in [1.82, 2.24) is 19.7 Å². The van der Waals surface area contributed by atoms with Crippen molar-refractivity contribution in [3.05, 3.63) is 63.9 Å². The van der Waals surface area contributed by atoms with Gasteiger partial charge in [-0.05, 0) is 86.8 Å². The summed E-state index contributed by atoms with van der Waals surface area (Å²) in [5, 5.41) is 7.27. The van der Waals surface area contributed by atoms with Crippen LogP contribution in [0.25, 0.3) is 11.4 Å². The third kappa shape index (κ3) is 4.63. The predicted octanol–water partition coefficient (Wildman–Crippen LogP) is 5.38. The van der Waals surface area contributed by atoms with Crippen LogP contribution in [-0.4, -0.2) is 38.7 Å². The van der Waals surface area contributed by atoms with E-state index < -0.39 is 0 Å². The molecule has 0 bridgehead atoms. The van der Waals surface area contributed by atoms with Gasteiger partial charge in [0, 0.05) is 25.1 Å². The minimum absolute atomic E-state index is 0.157. The molecule has 1 fully saturated rings. The number of aryl methyl sites for hydroxylation is 2. The van der Waals surface area contributed by atoms with Gasteiger partial charge in [0.15, 0.2) is 10.6 Å². The SMILES string of the molecule is CCOc1ccc(-c2n[nH]c(=S)n2CCC(=O)N2CCCC2c2ccc(C)c(C)c2)cc1. The highest BCUT2D eigenvalue weighted by molar-refractivity contribution is 7.71. The maximum absolute atomic E-state index is 13.2. The van der Waals surface area contributed by atoms with Crippen molar-refractivity contribution in [1.29, 1.82) is 0 Å². The van der Waals surface area contributed by atoms with Crippen molar-refractivity contribution in [2.45, 2.75) is 52.6 Å². The van der Waals surface area contributed by atoms with E-state index in [9.17, 15) is 4.79 Å². The summed E-state index contributed by atoms with van der Waals surface area (Å²) in [6, 6.07) is 14.5. The number of likely N-dealkylation sites (tertiary alicyclic amines) is 1. The summed E-state index contributed by atoms with van der Waals surface area (Å²) in [6.07, 6.45) is 2.43. The molecule has 168 valence electrons. The summed E-state index contributed by atoms with van der Waals surface area (Å²) >= 11 is 5.45. The van der Waals surface area contributed by atoms with Gasteiger partial charge in [-0.1, -0.05) is 18.2 Å². The fourth-order valence-electron chi connectivity index (χ4n) is 4.35. The van der Waals surface area contributed by atoms with E-state index >= 15 is 0 Å². The molecular formula is C25H30N4O2S. The Morgan fingerprint density at radius 1 is 1.19 bits per heavy atom. The first kappa shape index (κ1) is 22.3. The lowest BCUT2D eigenvalue weighted by molar-refractivity contribution is -0.132. The van der Waals surface area contributed by atoms with Gasteiger partial charge in [-0.15, -0.1) is 0 Å². The monoisotopic (exact) mass is 450 g/mol. The van der Waals surface area contributed by atoms with Crippen LogP contribution in [0.3, 0.4) is 0 Å². The van der Waals surface area contributed by atoms with Gasteiger partial charge in [-0.2, -0.15) is 5.10 Å². The number of nitrogens with one attached hydrogen (secondary N) is 1. The molecule has 6 nitrogen and oxygen atoms in total. The van der Waals surface area contributed by atoms with E-state index in [1.807, 2.05) is 40.7 Å². The molecule has 2 aromatic carbocycles. The molecule has 0 aliphatic carbocycles. The number of hydrogen-bond acceptors (Lipinski definition) is 4. The average Bonchev–Trinajstić information content (AvgIpc) is 3.42. The Morgan fingerprint density at radius 3 is 2.69 bits per heavy atom. The van der Waals surface area contributed by atoms with E-state index in [4.69, 9.17) is 17.0 Å². The second-order valence-corrected chi connectivity index (χ2v) is 8.69. The molecule has 1 saturated heterocycles. The molecule has 1 unspecified atom stereocenters. The van der Waals surface area contributed by atoms with E-state index in [1.54, 1.807) is 0 Å². The first-order valence-corrected chi connectivity index (χ1v) is 11.6. The molecule has 3 aromatic rings. The van der Waals surface area contributed by atoms with Gasteiger partial charge in [-0.25, -0.2) is 0 Å². The highest BCUT2D eigenvalue weighted by atomic mass is 32.1. The van der Waals surface area contributed by atoms with Crippen LogP contribution in [0.2, 0.25) is 0 Å². The van der Waals surface area contributed by atoms with E-state index in [-0.39, 0.29) is 11.9 Å². The minimum atomic E-state index is 0.157. The number of nitrogens with zero attached hydrogens (tertiary/aromatic N) is 3. The number of H-pyrrole nitrogens is 1. The van der Waals surface area contributed by atoms with Crippen LogP contribution in [0.15, 0.2) is 42.5 Å². The van der Waals surface area contributed by atoms with Crippen molar-refractivity contribution in [2.24, 2.45) is 0 Å². The van der Waals surface area contributed by atoms with Crippen LogP contribution < -0.4 is 4.74 Å². The zero-order valence-corrected chi connectivity index (χ0v) is 19.7. The fourth-order valence-corrected chi connectivity index (χ4v) is 4.57. The Labute approximate surface area is 194 Å². The summed E-state index contributed by atoms with van der Waals surface area (Å²) in [5.74, 6) is 1.71. The van der Waals surface area contributed by atoms with Gasteiger partial charge in [-0.3, -0.25) is 14.5 Å². The number of carbonyl (C=O) groups is 1. The van der Waals surface area contributed by atoms with Crippen LogP contribution in [0.1, 0.15) is 48.9 Å². The second-order valence-electron chi connectivity index (χ2n) is 8.30. The number of aromatic amines is 1. The van der Waals surface area contributed by atoms with Gasteiger partial charge < -0.3 is 9.64 Å². The molecule has 1 aromatic heterocycles. The zero-order valence-electron chi connectivity index (χ0n) is 18.9. The molecule has 1 aliphatic heterocycles. The number of hydrogen-bond donors (Lipinski definition) is 1. The van der Waals surface area contributed by atoms with E-state index in [1.165, 1.54) is 16.7 Å². The van der Waals surface area contributed by atoms with Crippen LogP contribution in [0.4, 0.5) is 0 Å². The summed E-state index contributed by atoms with van der Waals surface area (Å²) in [5.41, 5.74) is 4.71. The van der Waals surface area contributed by atoms with Crippen molar-refractivity contribution >= 4 is 18.1 Å². The molecule has 7 heteroatoms. The average molecular weight is 451 g/mol. The van der Waals surface area contributed by atoms with Gasteiger partial charge in [0.1, 0.15) is 5.75 Å². The van der Waals surface area contributed by atoms with Gasteiger partial charge in [0.25, 0.3) is 0 Å². The summed E-state index contributed by atoms with van der Waals surface area (Å²) in [7, 11) is 0. The summed E-state index contributed by atoms with van der Waals surface area (Å²) in [4.78, 5) is 15.2. The summed E-state index contributed by atoms with van der Waals surface area (Å²) < 4.78 is 7.95. The Morgan fingerprint density at radius 2 is 1.97 bits per heavy atom. The molecule has 0 spiro atoms. The number of aromatic nitrogens is 3. The molecule has 0 saturated carbocycles. The van der Waals surface area contributed by atoms with Crippen molar-refractivity contribution in [3.8, 4) is 17.1 Å². The Hall–Kier alpha value is -2.93. The standard InChI is InChI=1S/C25H30N4O2S/c1-4-31-21-11-9-19(10-12-21)24-26-27-25(32)29(24)15-13-23(30)28-14-5-6-22(28)20-8-7-17(2)18(3)16-20/h7-12,16,22H,4-6,13-15H2,1-3H3,(H,27,32). The topological polar surface area (TPSA) is 63.1 Å². The lowest BCUT2D eigenvalue weighted by Crippen LogP contribution is -2.31. The lowest BCUT2D eigenvalue weighted by Gasteiger charge is -2.26. The quantitative estimate of drug-likeness (QED) is 0.491. The Kier molecular flexibility index (Phi) is 6.74. The molecule has 32 heavy (non-hydrogen) atoms. The molecular weight excluding hydrogens is 420 g/mol. The Balaban J connectivity index is 1.47. The normalized spacial score (nSPS) is 15.8. The Bertz CT molecular complexity index is 1150. The maximum Gasteiger partial charge on any atom is 0.224 e. The first-order chi connectivity index (χ1) is 15.5. The molecule has 2 heterocycles. The number of amides is 1. The van der Waals surface area contributed by atoms with Crippen molar-refractivity contribution in [3.63, 3.8) is 0 Å². The molecule has 1 amide bonds. The highest BCUT2D eigenvalue weighted by Crippen LogP contribution is 2.33. The van der Waals surface area contributed by atoms with Crippen LogP contribution in [0.5, 0.6) is 5.75 Å². The molecule has 1 aliphatic rings. The number of rotatable bonds is 7. The van der Waals surface area contributed by atoms with E-state index in [0.717, 1.165) is 36.5 Å². The second kappa shape index (κ2) is 9.69. The predicted molar refractivity (Wildman–Crippen MR) is 128 cm³/mol. The van der Waals surface area contributed by atoms with Crippen molar-refractivity contribution < 1.29 is 9.53 Å². The molecule has 0 radical (unpaired) electrons. The van der Waals surface area contributed by atoms with Crippen LogP contribution >= 0.6 is 12.2 Å². The minimum Gasteiger partial charge on any atom is -0.494 e. The largest absolute Gasteiger partial charge is 0.494 e. The van der Waals surface area contributed by atoms with Gasteiger partial charge in [0.05, 0.1) is 12.6 Å². The van der Waals surface area contributed by atoms with Crippen LogP contribution in [-0.2, 0) is 11.3 Å². The first-order valence-electron chi connectivity index (χ1n) is 11.2. The maximum atomic E-state index is 13.2. The smallest absolute Gasteiger partial charge is 0.224 e. The lowest BCUT2D eigenvalue weighted by atomic mass is 9.99. The fraction of sp³-hybridized carbons (Fsp3) is 0.400. The van der Waals surface area contributed by atoms with Gasteiger partial charge in [0.2, 0.25) is 5.91 Å². The van der Waals surface area contributed by atoms with Gasteiger partial charge >= 0.3 is 0 Å². The molecule has 4 rings (SSSR count). The van der Waals surface area contributed by atoms with E-state index in [2.05, 4.69) is 42.2 Å². The number of carbonyl (C=O) groups excluding carboxylic acids is 1. The summed E-state index contributed by atoms with van der Waals surface area (Å²) in [6.45, 7) is 8.13. The third-order valence-electron chi connectivity index (χ3n) is 6.22. The molecule has 1 atom stereocenters. The highest BCUT2D eigenvalue weighted by Gasteiger charge is 2.30. The third-order valence-corrected chi connectivity index (χ3v) is 6.53. The van der Waals surface area contributed by atoms with Crippen LogP contribution in [0, 0.1) is 18.6 Å². The van der Waals surface area contributed by atoms with Crippen molar-refractivity contribution in [2.75, 3.05) is 13.2 Å².